The minimum atomic E-state index is -0.469. The van der Waals surface area contributed by atoms with E-state index in [1.807, 2.05) is 0 Å². The van der Waals surface area contributed by atoms with Crippen LogP contribution >= 0.6 is 12.4 Å². The quantitative estimate of drug-likeness (QED) is 0.817. The fourth-order valence-corrected chi connectivity index (χ4v) is 1.71. The summed E-state index contributed by atoms with van der Waals surface area (Å²) in [5, 5.41) is 9.76. The van der Waals surface area contributed by atoms with Gasteiger partial charge in [-0.25, -0.2) is 4.79 Å². The van der Waals surface area contributed by atoms with Crippen LogP contribution in [0.4, 0.5) is 0 Å². The van der Waals surface area contributed by atoms with Gasteiger partial charge in [0.05, 0.1) is 0 Å². The molecule has 0 atom stereocenters. The van der Waals surface area contributed by atoms with Crippen molar-refractivity contribution in [1.29, 1.82) is 0 Å². The summed E-state index contributed by atoms with van der Waals surface area (Å²) in [5.74, 6) is -0.464. The second-order valence-electron chi connectivity index (χ2n) is 4.13. The van der Waals surface area contributed by atoms with E-state index >= 15 is 0 Å². The number of rotatable bonds is 6. The minimum Gasteiger partial charge on any atom is -0.507 e. The van der Waals surface area contributed by atoms with E-state index in [2.05, 4.69) is 18.7 Å². The molecule has 0 amide bonds. The molecule has 1 N–H and O–H groups in total. The van der Waals surface area contributed by atoms with Crippen molar-refractivity contribution in [3.8, 4) is 5.75 Å². The van der Waals surface area contributed by atoms with Gasteiger partial charge >= 0.3 is 5.97 Å². The van der Waals surface area contributed by atoms with Crippen LogP contribution in [0.15, 0.2) is 18.2 Å². The summed E-state index contributed by atoms with van der Waals surface area (Å²) >= 11 is 0. The molecule has 0 unspecified atom stereocenters. The summed E-state index contributed by atoms with van der Waals surface area (Å²) in [7, 11) is 0. The summed E-state index contributed by atoms with van der Waals surface area (Å²) in [4.78, 5) is 13.9. The largest absolute Gasteiger partial charge is 0.507 e. The Morgan fingerprint density at radius 1 is 1.32 bits per heavy atom. The second-order valence-corrected chi connectivity index (χ2v) is 4.13. The highest BCUT2D eigenvalue weighted by molar-refractivity contribution is 5.92. The molecule has 0 saturated heterocycles. The van der Waals surface area contributed by atoms with E-state index in [0.717, 1.165) is 13.1 Å². The van der Waals surface area contributed by atoms with Crippen LogP contribution in [0.5, 0.6) is 5.75 Å². The summed E-state index contributed by atoms with van der Waals surface area (Å²) < 4.78 is 5.16. The number of aromatic hydroxyl groups is 1. The van der Waals surface area contributed by atoms with Crippen molar-refractivity contribution in [3.05, 3.63) is 29.3 Å². The van der Waals surface area contributed by atoms with Gasteiger partial charge in [-0.15, -0.1) is 12.4 Å². The Morgan fingerprint density at radius 2 is 1.95 bits per heavy atom. The molecule has 0 spiro atoms. The summed E-state index contributed by atoms with van der Waals surface area (Å²) in [6.45, 7) is 8.81. The van der Waals surface area contributed by atoms with Gasteiger partial charge in [-0.2, -0.15) is 0 Å². The monoisotopic (exact) mass is 287 g/mol. The lowest BCUT2D eigenvalue weighted by atomic mass is 10.1. The zero-order valence-corrected chi connectivity index (χ0v) is 12.5. The van der Waals surface area contributed by atoms with Crippen molar-refractivity contribution in [2.75, 3.05) is 26.2 Å². The molecule has 0 aliphatic carbocycles. The number of hydrogen-bond acceptors (Lipinski definition) is 4. The predicted molar refractivity (Wildman–Crippen MR) is 78.2 cm³/mol. The molecular formula is C14H22ClNO3. The highest BCUT2D eigenvalue weighted by atomic mass is 35.5. The third-order valence-electron chi connectivity index (χ3n) is 2.99. The smallest absolute Gasteiger partial charge is 0.341 e. The Hall–Kier alpha value is -1.26. The summed E-state index contributed by atoms with van der Waals surface area (Å²) in [6.07, 6.45) is 0. The third-order valence-corrected chi connectivity index (χ3v) is 2.99. The van der Waals surface area contributed by atoms with Gasteiger partial charge < -0.3 is 14.7 Å². The number of likely N-dealkylation sites (N-methyl/N-ethyl adjacent to an activating group) is 1. The number of hydrogen-bond donors (Lipinski definition) is 1. The van der Waals surface area contributed by atoms with Gasteiger partial charge in [0.25, 0.3) is 0 Å². The van der Waals surface area contributed by atoms with Gasteiger partial charge in [-0.3, -0.25) is 0 Å². The maximum absolute atomic E-state index is 11.8. The summed E-state index contributed by atoms with van der Waals surface area (Å²) in [5.41, 5.74) is 0.905. The number of benzene rings is 1. The molecule has 0 saturated carbocycles. The fraction of sp³-hybridized carbons (Fsp3) is 0.500. The van der Waals surface area contributed by atoms with Crippen molar-refractivity contribution in [1.82, 2.24) is 4.90 Å². The normalized spacial score (nSPS) is 10.1. The van der Waals surface area contributed by atoms with E-state index in [1.165, 1.54) is 0 Å². The zero-order valence-electron chi connectivity index (χ0n) is 11.7. The first-order valence-corrected chi connectivity index (χ1v) is 6.28. The number of carbonyl (C=O) groups excluding carboxylic acids is 1. The SMILES string of the molecule is CCN(CC)CCOC(=O)c1cccc(C)c1O.Cl. The van der Waals surface area contributed by atoms with Gasteiger partial charge in [-0.1, -0.05) is 26.0 Å². The van der Waals surface area contributed by atoms with Crippen molar-refractivity contribution >= 4 is 18.4 Å². The van der Waals surface area contributed by atoms with Crippen LogP contribution in [0.25, 0.3) is 0 Å². The molecule has 0 fully saturated rings. The molecule has 0 aromatic heterocycles. The van der Waals surface area contributed by atoms with Crippen molar-refractivity contribution in [2.24, 2.45) is 0 Å². The Labute approximate surface area is 120 Å². The van der Waals surface area contributed by atoms with E-state index in [-0.39, 0.29) is 23.7 Å². The maximum atomic E-state index is 11.8. The number of nitrogens with zero attached hydrogens (tertiary/aromatic N) is 1. The molecule has 4 nitrogen and oxygen atoms in total. The molecule has 1 aromatic rings. The average molecular weight is 288 g/mol. The lowest BCUT2D eigenvalue weighted by molar-refractivity contribution is 0.0463. The second kappa shape index (κ2) is 8.77. The Bertz CT molecular complexity index is 406. The molecular weight excluding hydrogens is 266 g/mol. The first kappa shape index (κ1) is 17.7. The molecule has 1 aromatic carbocycles. The molecule has 19 heavy (non-hydrogen) atoms. The van der Waals surface area contributed by atoms with E-state index in [1.54, 1.807) is 25.1 Å². The van der Waals surface area contributed by atoms with Gasteiger partial charge in [-0.05, 0) is 31.6 Å². The van der Waals surface area contributed by atoms with Crippen LogP contribution in [0.2, 0.25) is 0 Å². The number of para-hydroxylation sites is 1. The molecule has 0 bridgehead atoms. The van der Waals surface area contributed by atoms with E-state index in [0.29, 0.717) is 18.7 Å². The first-order chi connectivity index (χ1) is 8.60. The molecule has 5 heteroatoms. The lowest BCUT2D eigenvalue weighted by Crippen LogP contribution is -2.27. The van der Waals surface area contributed by atoms with Gasteiger partial charge in [0.15, 0.2) is 0 Å². The Morgan fingerprint density at radius 3 is 2.53 bits per heavy atom. The van der Waals surface area contributed by atoms with Gasteiger partial charge in [0.1, 0.15) is 17.9 Å². The van der Waals surface area contributed by atoms with E-state index < -0.39 is 5.97 Å². The summed E-state index contributed by atoms with van der Waals surface area (Å²) in [6, 6.07) is 5.06. The predicted octanol–water partition coefficient (Wildman–Crippen LogP) is 2.62. The van der Waals surface area contributed by atoms with Crippen molar-refractivity contribution < 1.29 is 14.6 Å². The van der Waals surface area contributed by atoms with Gasteiger partial charge in [0.2, 0.25) is 0 Å². The number of halogens is 1. The molecule has 1 rings (SSSR count). The molecule has 0 radical (unpaired) electrons. The number of esters is 1. The van der Waals surface area contributed by atoms with Crippen molar-refractivity contribution in [2.45, 2.75) is 20.8 Å². The number of carbonyl (C=O) groups is 1. The third kappa shape index (κ3) is 5.09. The minimum absolute atomic E-state index is 0. The number of phenols is 1. The Balaban J connectivity index is 0.00000324. The van der Waals surface area contributed by atoms with Crippen LogP contribution in [0.1, 0.15) is 29.8 Å². The highest BCUT2D eigenvalue weighted by Crippen LogP contribution is 2.21. The van der Waals surface area contributed by atoms with Gasteiger partial charge in [0, 0.05) is 6.54 Å². The highest BCUT2D eigenvalue weighted by Gasteiger charge is 2.13. The van der Waals surface area contributed by atoms with Crippen LogP contribution in [0.3, 0.4) is 0 Å². The number of phenolic OH excluding ortho intramolecular Hbond substituents is 1. The lowest BCUT2D eigenvalue weighted by Gasteiger charge is -2.17. The molecule has 0 aliphatic heterocycles. The van der Waals surface area contributed by atoms with Crippen LogP contribution in [-0.2, 0) is 4.74 Å². The van der Waals surface area contributed by atoms with Crippen LogP contribution in [0, 0.1) is 6.92 Å². The number of ether oxygens (including phenoxy) is 1. The van der Waals surface area contributed by atoms with Crippen LogP contribution in [-0.4, -0.2) is 42.2 Å². The van der Waals surface area contributed by atoms with Crippen molar-refractivity contribution in [3.63, 3.8) is 0 Å². The topological polar surface area (TPSA) is 49.8 Å². The molecule has 0 aliphatic rings. The standard InChI is InChI=1S/C14H21NO3.ClH/c1-4-15(5-2)9-10-18-14(17)12-8-6-7-11(3)13(12)16;/h6-8,16H,4-5,9-10H2,1-3H3;1H. The first-order valence-electron chi connectivity index (χ1n) is 6.28. The average Bonchev–Trinajstić information content (AvgIpc) is 2.37. The van der Waals surface area contributed by atoms with E-state index in [9.17, 15) is 9.90 Å². The number of aryl methyl sites for hydroxylation is 1. The van der Waals surface area contributed by atoms with E-state index in [4.69, 9.17) is 4.74 Å². The molecule has 108 valence electrons. The maximum Gasteiger partial charge on any atom is 0.341 e. The Kier molecular flexibility index (Phi) is 8.19. The zero-order chi connectivity index (χ0) is 13.5. The molecule has 0 heterocycles. The fourth-order valence-electron chi connectivity index (χ4n) is 1.71. The van der Waals surface area contributed by atoms with Crippen LogP contribution < -0.4 is 0 Å².